The normalized spacial score (nSPS) is 28.4. The van der Waals surface area contributed by atoms with E-state index in [9.17, 15) is 9.59 Å². The fraction of sp³-hybridized carbons (Fsp3) is 0.778. The van der Waals surface area contributed by atoms with Crippen LogP contribution in [-0.2, 0) is 9.59 Å². The molecule has 0 amide bonds. The zero-order chi connectivity index (χ0) is 9.84. The Bertz CT molecular complexity index is 207. The molecule has 0 spiro atoms. The summed E-state index contributed by atoms with van der Waals surface area (Å²) < 4.78 is 0. The molecule has 1 rings (SSSR count). The Balaban J connectivity index is 2.39. The molecule has 0 bridgehead atoms. The second-order valence-electron chi connectivity index (χ2n) is 3.56. The number of carboxylic acids is 1. The summed E-state index contributed by atoms with van der Waals surface area (Å²) in [5.41, 5.74) is 5.23. The van der Waals surface area contributed by atoms with E-state index >= 15 is 0 Å². The molecule has 1 aliphatic carbocycles. The van der Waals surface area contributed by atoms with Crippen LogP contribution in [-0.4, -0.2) is 23.4 Å². The van der Waals surface area contributed by atoms with Crippen LogP contribution >= 0.6 is 0 Å². The molecule has 74 valence electrons. The Morgan fingerprint density at radius 1 is 1.15 bits per heavy atom. The average molecular weight is 185 g/mol. The van der Waals surface area contributed by atoms with Gasteiger partial charge in [-0.2, -0.15) is 0 Å². The highest BCUT2D eigenvalue weighted by Crippen LogP contribution is 2.29. The minimum absolute atomic E-state index is 0.0144. The molecule has 0 aromatic heterocycles. The molecule has 0 saturated heterocycles. The predicted molar refractivity (Wildman–Crippen MR) is 47.1 cm³/mol. The Kier molecular flexibility index (Phi) is 3.42. The third-order valence-corrected chi connectivity index (χ3v) is 2.73. The van der Waals surface area contributed by atoms with Crippen molar-refractivity contribution in [2.75, 3.05) is 6.54 Å². The number of nitrogens with two attached hydrogens (primary N) is 1. The van der Waals surface area contributed by atoms with Crippen molar-refractivity contribution in [3.8, 4) is 0 Å². The van der Waals surface area contributed by atoms with E-state index in [-0.39, 0.29) is 24.2 Å². The first-order valence-electron chi connectivity index (χ1n) is 4.60. The predicted octanol–water partition coefficient (Wildman–Crippen LogP) is 0.405. The molecule has 1 fully saturated rings. The standard InChI is InChI=1S/C9H15NO3/c10-5-8(11)6-1-3-7(4-2-6)9(12)13/h6-7H,1-5,10H2,(H,12,13). The van der Waals surface area contributed by atoms with Gasteiger partial charge in [0.15, 0.2) is 0 Å². The van der Waals surface area contributed by atoms with Crippen LogP contribution in [0.1, 0.15) is 25.7 Å². The molecule has 4 heteroatoms. The topological polar surface area (TPSA) is 80.4 Å². The van der Waals surface area contributed by atoms with Gasteiger partial charge in [-0.3, -0.25) is 9.59 Å². The first kappa shape index (κ1) is 10.2. The molecule has 0 aromatic carbocycles. The van der Waals surface area contributed by atoms with E-state index in [4.69, 9.17) is 10.8 Å². The van der Waals surface area contributed by atoms with Crippen molar-refractivity contribution >= 4 is 11.8 Å². The first-order chi connectivity index (χ1) is 6.15. The SMILES string of the molecule is NCC(=O)C1CCC(C(=O)O)CC1. The molecule has 0 heterocycles. The number of ketones is 1. The second kappa shape index (κ2) is 4.37. The summed E-state index contributed by atoms with van der Waals surface area (Å²) in [5, 5.41) is 8.71. The molecule has 0 aromatic rings. The summed E-state index contributed by atoms with van der Waals surface area (Å²) in [5.74, 6) is -0.898. The minimum atomic E-state index is -0.737. The van der Waals surface area contributed by atoms with Crippen molar-refractivity contribution in [3.63, 3.8) is 0 Å². The maximum absolute atomic E-state index is 11.2. The van der Waals surface area contributed by atoms with E-state index in [0.29, 0.717) is 25.7 Å². The van der Waals surface area contributed by atoms with E-state index in [2.05, 4.69) is 0 Å². The van der Waals surface area contributed by atoms with Gasteiger partial charge in [0.05, 0.1) is 12.5 Å². The van der Waals surface area contributed by atoms with Crippen LogP contribution in [0.3, 0.4) is 0 Å². The molecule has 0 unspecified atom stereocenters. The highest BCUT2D eigenvalue weighted by molar-refractivity contribution is 5.83. The summed E-state index contributed by atoms with van der Waals surface area (Å²) in [7, 11) is 0. The van der Waals surface area contributed by atoms with Gasteiger partial charge in [-0.15, -0.1) is 0 Å². The molecular weight excluding hydrogens is 170 g/mol. The number of carbonyl (C=O) groups excluding carboxylic acids is 1. The third kappa shape index (κ3) is 2.52. The Morgan fingerprint density at radius 3 is 2.00 bits per heavy atom. The smallest absolute Gasteiger partial charge is 0.306 e. The van der Waals surface area contributed by atoms with Crippen LogP contribution in [0.2, 0.25) is 0 Å². The lowest BCUT2D eigenvalue weighted by molar-refractivity contribution is -0.143. The Hall–Kier alpha value is -0.900. The van der Waals surface area contributed by atoms with Crippen LogP contribution in [0.4, 0.5) is 0 Å². The van der Waals surface area contributed by atoms with E-state index in [0.717, 1.165) is 0 Å². The van der Waals surface area contributed by atoms with Crippen molar-refractivity contribution in [1.29, 1.82) is 0 Å². The van der Waals surface area contributed by atoms with Crippen LogP contribution in [0.5, 0.6) is 0 Å². The second-order valence-corrected chi connectivity index (χ2v) is 3.56. The average Bonchev–Trinajstić information content (AvgIpc) is 2.17. The van der Waals surface area contributed by atoms with Gasteiger partial charge in [-0.1, -0.05) is 0 Å². The fourth-order valence-corrected chi connectivity index (χ4v) is 1.83. The zero-order valence-electron chi connectivity index (χ0n) is 7.53. The van der Waals surface area contributed by atoms with Gasteiger partial charge < -0.3 is 10.8 Å². The van der Waals surface area contributed by atoms with Crippen molar-refractivity contribution in [2.45, 2.75) is 25.7 Å². The molecular formula is C9H15NO3. The molecule has 0 radical (unpaired) electrons. The van der Waals surface area contributed by atoms with Crippen LogP contribution in [0.25, 0.3) is 0 Å². The minimum Gasteiger partial charge on any atom is -0.481 e. The quantitative estimate of drug-likeness (QED) is 0.667. The Morgan fingerprint density at radius 2 is 1.62 bits per heavy atom. The van der Waals surface area contributed by atoms with Crippen molar-refractivity contribution in [2.24, 2.45) is 17.6 Å². The van der Waals surface area contributed by atoms with Crippen molar-refractivity contribution < 1.29 is 14.7 Å². The van der Waals surface area contributed by atoms with Gasteiger partial charge in [0, 0.05) is 5.92 Å². The first-order valence-corrected chi connectivity index (χ1v) is 4.60. The van der Waals surface area contributed by atoms with Gasteiger partial charge >= 0.3 is 5.97 Å². The van der Waals surface area contributed by atoms with E-state index in [1.807, 2.05) is 0 Å². The maximum Gasteiger partial charge on any atom is 0.306 e. The largest absolute Gasteiger partial charge is 0.481 e. The molecule has 1 saturated carbocycles. The summed E-state index contributed by atoms with van der Waals surface area (Å²) in [6, 6.07) is 0. The summed E-state index contributed by atoms with van der Waals surface area (Å²) in [6.45, 7) is 0.0857. The number of rotatable bonds is 3. The van der Waals surface area contributed by atoms with Crippen molar-refractivity contribution in [1.82, 2.24) is 0 Å². The van der Waals surface area contributed by atoms with E-state index in [1.54, 1.807) is 0 Å². The van der Waals surface area contributed by atoms with Gasteiger partial charge in [0.1, 0.15) is 5.78 Å². The maximum atomic E-state index is 11.2. The van der Waals surface area contributed by atoms with E-state index < -0.39 is 5.97 Å². The number of Topliss-reactive ketones (excluding diaryl/α,β-unsaturated/α-hetero) is 1. The van der Waals surface area contributed by atoms with Gasteiger partial charge in [-0.25, -0.2) is 0 Å². The molecule has 1 aliphatic rings. The van der Waals surface area contributed by atoms with Gasteiger partial charge in [0.25, 0.3) is 0 Å². The molecule has 4 nitrogen and oxygen atoms in total. The lowest BCUT2D eigenvalue weighted by Gasteiger charge is -2.24. The fourth-order valence-electron chi connectivity index (χ4n) is 1.83. The number of hydrogen-bond acceptors (Lipinski definition) is 3. The third-order valence-electron chi connectivity index (χ3n) is 2.73. The molecule has 0 atom stereocenters. The highest BCUT2D eigenvalue weighted by Gasteiger charge is 2.28. The van der Waals surface area contributed by atoms with Crippen molar-refractivity contribution in [3.05, 3.63) is 0 Å². The number of aliphatic carboxylic acids is 1. The summed E-state index contributed by atoms with van der Waals surface area (Å²) >= 11 is 0. The van der Waals surface area contributed by atoms with Crippen LogP contribution in [0, 0.1) is 11.8 Å². The number of carbonyl (C=O) groups is 2. The molecule has 0 aliphatic heterocycles. The van der Waals surface area contributed by atoms with Crippen LogP contribution < -0.4 is 5.73 Å². The highest BCUT2D eigenvalue weighted by atomic mass is 16.4. The van der Waals surface area contributed by atoms with Gasteiger partial charge in [0.2, 0.25) is 0 Å². The summed E-state index contributed by atoms with van der Waals surface area (Å²) in [6.07, 6.45) is 2.61. The monoisotopic (exact) mass is 185 g/mol. The molecule has 3 N–H and O–H groups in total. The molecule has 13 heavy (non-hydrogen) atoms. The van der Waals surface area contributed by atoms with Crippen LogP contribution in [0.15, 0.2) is 0 Å². The lowest BCUT2D eigenvalue weighted by atomic mass is 9.80. The lowest BCUT2D eigenvalue weighted by Crippen LogP contribution is -2.29. The number of hydrogen-bond donors (Lipinski definition) is 2. The summed E-state index contributed by atoms with van der Waals surface area (Å²) in [4.78, 5) is 21.8. The Labute approximate surface area is 77.1 Å². The van der Waals surface area contributed by atoms with E-state index in [1.165, 1.54) is 0 Å². The zero-order valence-corrected chi connectivity index (χ0v) is 7.53. The number of carboxylic acid groups (broad SMARTS) is 1. The van der Waals surface area contributed by atoms with Gasteiger partial charge in [-0.05, 0) is 25.7 Å².